The monoisotopic (exact) mass is 478 g/mol. The zero-order valence-corrected chi connectivity index (χ0v) is 20.6. The van der Waals surface area contributed by atoms with Crippen molar-refractivity contribution in [1.29, 1.82) is 0 Å². The maximum atomic E-state index is 11.1. The summed E-state index contributed by atoms with van der Waals surface area (Å²) in [6.07, 6.45) is 3.95. The normalized spacial score (nSPS) is 60.8. The van der Waals surface area contributed by atoms with Crippen molar-refractivity contribution in [1.82, 2.24) is 0 Å². The number of rotatable bonds is 1. The molecule has 6 rings (SSSR count). The van der Waals surface area contributed by atoms with Gasteiger partial charge < -0.3 is 35.0 Å². The van der Waals surface area contributed by atoms with Crippen LogP contribution in [0.1, 0.15) is 59.3 Å². The first kappa shape index (κ1) is 23.8. The van der Waals surface area contributed by atoms with E-state index in [4.69, 9.17) is 9.47 Å². The van der Waals surface area contributed by atoms with E-state index in [0.717, 1.165) is 25.7 Å². The van der Waals surface area contributed by atoms with Crippen LogP contribution in [-0.2, 0) is 9.47 Å². The summed E-state index contributed by atoms with van der Waals surface area (Å²) in [5.74, 6) is -0.686. The number of ether oxygens (including phenoxy) is 2. The molecule has 0 bridgehead atoms. The predicted molar refractivity (Wildman–Crippen MR) is 123 cm³/mol. The Morgan fingerprint density at radius 3 is 2.59 bits per heavy atom. The predicted octanol–water partition coefficient (Wildman–Crippen LogP) is 1.60. The Labute approximate surface area is 202 Å². The van der Waals surface area contributed by atoms with E-state index in [-0.39, 0.29) is 41.3 Å². The van der Waals surface area contributed by atoms with E-state index in [0.29, 0.717) is 37.2 Å². The smallest absolute Gasteiger partial charge is 0.202 e. The van der Waals surface area contributed by atoms with Crippen LogP contribution in [0.25, 0.3) is 0 Å². The molecule has 0 aromatic rings. The lowest BCUT2D eigenvalue weighted by Gasteiger charge is -2.59. The van der Waals surface area contributed by atoms with Gasteiger partial charge in [0.2, 0.25) is 5.79 Å². The standard InChI is InChI=1S/C27H42O7/c1-13-12-33-27(24(32)23(13)31)19(11-28)22-20(34-27)10-18-16-5-4-14-8-15(29)9-21(30)26(14,3)17(16)6-7-25(18,22)2/h4,13,15-24,28-32H,5-12H2,1-3H3/t13-,15+,16+,17-,18-,19-,20-,21+,22-,23-,24-,25-,26-,27-/m0/s1. The van der Waals surface area contributed by atoms with E-state index in [9.17, 15) is 25.5 Å². The van der Waals surface area contributed by atoms with Crippen LogP contribution < -0.4 is 0 Å². The van der Waals surface area contributed by atoms with Crippen molar-refractivity contribution in [2.45, 2.75) is 95.6 Å². The van der Waals surface area contributed by atoms with Crippen molar-refractivity contribution in [2.24, 2.45) is 46.3 Å². The number of allylic oxidation sites excluding steroid dienone is 1. The molecule has 6 aliphatic rings. The van der Waals surface area contributed by atoms with Crippen molar-refractivity contribution >= 4 is 0 Å². The van der Waals surface area contributed by atoms with Gasteiger partial charge in [-0.05, 0) is 55.3 Å². The fourth-order valence-electron chi connectivity index (χ4n) is 9.81. The summed E-state index contributed by atoms with van der Waals surface area (Å²) in [5.41, 5.74) is 0.871. The highest BCUT2D eigenvalue weighted by Crippen LogP contribution is 2.70. The van der Waals surface area contributed by atoms with Gasteiger partial charge in [0.25, 0.3) is 0 Å². The molecule has 2 heterocycles. The quantitative estimate of drug-likeness (QED) is 0.363. The summed E-state index contributed by atoms with van der Waals surface area (Å²) in [7, 11) is 0. The third-order valence-electron chi connectivity index (χ3n) is 11.6. The van der Waals surface area contributed by atoms with E-state index < -0.39 is 30.2 Å². The molecule has 1 spiro atoms. The average Bonchev–Trinajstić information content (AvgIpc) is 3.27. The number of hydrogen-bond acceptors (Lipinski definition) is 7. The van der Waals surface area contributed by atoms with Gasteiger partial charge in [-0.3, -0.25) is 0 Å². The second-order valence-corrected chi connectivity index (χ2v) is 12.9. The molecule has 0 aromatic heterocycles. The molecule has 7 nitrogen and oxygen atoms in total. The van der Waals surface area contributed by atoms with Crippen LogP contribution in [0, 0.1) is 46.3 Å². The van der Waals surface area contributed by atoms with Gasteiger partial charge in [0, 0.05) is 29.6 Å². The lowest BCUT2D eigenvalue weighted by molar-refractivity contribution is -0.342. The Morgan fingerprint density at radius 2 is 1.85 bits per heavy atom. The lowest BCUT2D eigenvalue weighted by Crippen LogP contribution is -2.63. The molecule has 3 saturated carbocycles. The molecular weight excluding hydrogens is 436 g/mol. The zero-order chi connectivity index (χ0) is 24.2. The summed E-state index contributed by atoms with van der Waals surface area (Å²) in [5, 5.41) is 53.7. The Morgan fingerprint density at radius 1 is 1.09 bits per heavy atom. The number of fused-ring (bicyclic) bond motifs is 7. The first-order valence-corrected chi connectivity index (χ1v) is 13.4. The molecule has 192 valence electrons. The van der Waals surface area contributed by atoms with Crippen LogP contribution in [0.2, 0.25) is 0 Å². The largest absolute Gasteiger partial charge is 0.396 e. The molecule has 34 heavy (non-hydrogen) atoms. The highest BCUT2D eigenvalue weighted by atomic mass is 16.7. The van der Waals surface area contributed by atoms with Gasteiger partial charge in [-0.1, -0.05) is 32.4 Å². The minimum absolute atomic E-state index is 0.0509. The summed E-state index contributed by atoms with van der Waals surface area (Å²) in [4.78, 5) is 0. The van der Waals surface area contributed by atoms with Crippen molar-refractivity contribution < 1.29 is 35.0 Å². The second kappa shape index (κ2) is 7.73. The first-order chi connectivity index (χ1) is 16.1. The number of aliphatic hydroxyl groups excluding tert-OH is 5. The van der Waals surface area contributed by atoms with Gasteiger partial charge in [-0.25, -0.2) is 0 Å². The van der Waals surface area contributed by atoms with E-state index in [1.807, 2.05) is 6.92 Å². The van der Waals surface area contributed by atoms with E-state index >= 15 is 0 Å². The topological polar surface area (TPSA) is 120 Å². The minimum Gasteiger partial charge on any atom is -0.396 e. The summed E-state index contributed by atoms with van der Waals surface area (Å²) in [6, 6.07) is 0. The highest BCUT2D eigenvalue weighted by Gasteiger charge is 2.72. The fraction of sp³-hybridized carbons (Fsp3) is 0.926. The Balaban J connectivity index is 1.32. The Bertz CT molecular complexity index is 862. The van der Waals surface area contributed by atoms with Gasteiger partial charge >= 0.3 is 0 Å². The number of hydrogen-bond donors (Lipinski definition) is 5. The molecule has 0 unspecified atom stereocenters. The molecule has 2 aliphatic heterocycles. The minimum atomic E-state index is -1.35. The SMILES string of the molecule is C[C@H]1CO[C@@]2(O[C@H]3C[C@H]4[C@@H]5CC=C6C[C@@H](O)C[C@@H](O)[C@]6(C)[C@H]5CC[C@]4(C)[C@H]3[C@@H]2CO)[C@@H](O)[C@H]1O. The van der Waals surface area contributed by atoms with Gasteiger partial charge in [-0.2, -0.15) is 0 Å². The molecule has 0 amide bonds. The molecule has 14 atom stereocenters. The highest BCUT2D eigenvalue weighted by molar-refractivity contribution is 5.28. The molecule has 5 fully saturated rings. The first-order valence-electron chi connectivity index (χ1n) is 13.4. The van der Waals surface area contributed by atoms with Crippen LogP contribution in [0.5, 0.6) is 0 Å². The van der Waals surface area contributed by atoms with E-state index in [2.05, 4.69) is 19.9 Å². The van der Waals surface area contributed by atoms with Crippen molar-refractivity contribution in [3.05, 3.63) is 11.6 Å². The molecule has 0 aromatic carbocycles. The molecular formula is C27H42O7. The third-order valence-corrected chi connectivity index (χ3v) is 11.6. The second-order valence-electron chi connectivity index (χ2n) is 12.9. The molecule has 4 aliphatic carbocycles. The summed E-state index contributed by atoms with van der Waals surface area (Å²) >= 11 is 0. The van der Waals surface area contributed by atoms with Crippen molar-refractivity contribution in [2.75, 3.05) is 13.2 Å². The molecule has 0 radical (unpaired) electrons. The van der Waals surface area contributed by atoms with Crippen molar-refractivity contribution in [3.63, 3.8) is 0 Å². The maximum absolute atomic E-state index is 11.1. The van der Waals surface area contributed by atoms with Gasteiger partial charge in [-0.15, -0.1) is 0 Å². The van der Waals surface area contributed by atoms with Gasteiger partial charge in [0.15, 0.2) is 0 Å². The zero-order valence-electron chi connectivity index (χ0n) is 20.6. The van der Waals surface area contributed by atoms with Crippen LogP contribution in [0.4, 0.5) is 0 Å². The summed E-state index contributed by atoms with van der Waals surface area (Å²) < 4.78 is 12.7. The van der Waals surface area contributed by atoms with Gasteiger partial charge in [0.05, 0.1) is 37.6 Å². The third kappa shape index (κ3) is 2.84. The summed E-state index contributed by atoms with van der Waals surface area (Å²) in [6.45, 7) is 6.55. The van der Waals surface area contributed by atoms with E-state index in [1.54, 1.807) is 0 Å². The van der Waals surface area contributed by atoms with E-state index in [1.165, 1.54) is 5.57 Å². The molecule has 5 N–H and O–H groups in total. The molecule has 7 heteroatoms. The lowest BCUT2D eigenvalue weighted by atomic mass is 9.46. The fourth-order valence-corrected chi connectivity index (χ4v) is 9.81. The Hall–Kier alpha value is -0.540. The van der Waals surface area contributed by atoms with Gasteiger partial charge in [0.1, 0.15) is 6.10 Å². The van der Waals surface area contributed by atoms with Crippen molar-refractivity contribution in [3.8, 4) is 0 Å². The van der Waals surface area contributed by atoms with Crippen LogP contribution >= 0.6 is 0 Å². The Kier molecular flexibility index (Phi) is 5.42. The van der Waals surface area contributed by atoms with Crippen LogP contribution in [0.3, 0.4) is 0 Å². The number of aliphatic hydroxyl groups is 5. The maximum Gasteiger partial charge on any atom is 0.202 e. The van der Waals surface area contributed by atoms with Crippen LogP contribution in [0.15, 0.2) is 11.6 Å². The average molecular weight is 479 g/mol. The molecule has 2 saturated heterocycles. The van der Waals surface area contributed by atoms with Crippen LogP contribution in [-0.4, -0.2) is 75.1 Å².